The summed E-state index contributed by atoms with van der Waals surface area (Å²) in [6.45, 7) is 1.54. The second-order valence-electron chi connectivity index (χ2n) is 13.7. The maximum absolute atomic E-state index is 12.7. The van der Waals surface area contributed by atoms with Crippen molar-refractivity contribution in [1.29, 1.82) is 0 Å². The molecule has 2 fully saturated rings. The number of nitrogens with zero attached hydrogens (tertiary/aromatic N) is 2. The number of carbonyl (C=O) groups excluding carboxylic acids is 7. The lowest BCUT2D eigenvalue weighted by molar-refractivity contribution is -0.292. The van der Waals surface area contributed by atoms with Crippen molar-refractivity contribution in [2.45, 2.75) is 102 Å². The molecule has 3 rings (SSSR count). The zero-order valence-corrected chi connectivity index (χ0v) is 32.2. The lowest BCUT2D eigenvalue weighted by Gasteiger charge is -2.38. The largest absolute Gasteiger partial charge is 0.445 e. The average molecular weight is 809 g/mol. The molecule has 6 amide bonds. The Balaban J connectivity index is 1.29. The first-order valence-corrected chi connectivity index (χ1v) is 19.2. The van der Waals surface area contributed by atoms with E-state index < -0.39 is 72.9 Å². The fourth-order valence-corrected chi connectivity index (χ4v) is 5.70. The first-order valence-electron chi connectivity index (χ1n) is 19.2. The van der Waals surface area contributed by atoms with E-state index in [1.807, 2.05) is 30.3 Å². The van der Waals surface area contributed by atoms with Crippen molar-refractivity contribution in [3.05, 3.63) is 35.9 Å². The molecule has 0 aromatic heterocycles. The Morgan fingerprint density at radius 3 is 1.95 bits per heavy atom. The van der Waals surface area contributed by atoms with Crippen LogP contribution in [0.15, 0.2) is 30.3 Å². The molecule has 1 aromatic carbocycles. The molecule has 0 saturated carbocycles. The molecule has 2 saturated heterocycles. The zero-order valence-electron chi connectivity index (χ0n) is 32.2. The van der Waals surface area contributed by atoms with Crippen molar-refractivity contribution < 1.29 is 67.9 Å². The molecular formula is C37H56N6O14. The summed E-state index contributed by atoms with van der Waals surface area (Å²) in [5.74, 6) is -3.50. The number of hydrogen-bond donors (Lipinski definition) is 7. The second-order valence-corrected chi connectivity index (χ2v) is 13.7. The minimum Gasteiger partial charge on any atom is -0.445 e. The standard InChI is InChI=1S/C37H56N6O14/c1-25-33(50)34(51)35(52)36(56-25)54-20-19-40-27(44)13-7-3-8-16-38-28(45)21-42(23-32(49)57-43-30(47)14-15-31(43)48)22-29(46)39-17-9-4-10-18-41-37(53)55-24-26-11-5-2-6-12-26/h2,5-6,11-12,25,33-36,50-52H,3-4,7-10,13-24H2,1H3,(H,38,45)(H,39,46)(H,40,44)(H,41,53)/t25-,33+,34+,35-,36+/m0/s1. The topological polar surface area (TPSA) is 272 Å². The number of aliphatic hydroxyl groups excluding tert-OH is 3. The summed E-state index contributed by atoms with van der Waals surface area (Å²) in [6, 6.07) is 9.28. The summed E-state index contributed by atoms with van der Waals surface area (Å²) >= 11 is 0. The molecule has 0 radical (unpaired) electrons. The van der Waals surface area contributed by atoms with Gasteiger partial charge < -0.3 is 55.6 Å². The van der Waals surface area contributed by atoms with Crippen molar-refractivity contribution in [1.82, 2.24) is 31.2 Å². The van der Waals surface area contributed by atoms with Gasteiger partial charge in [0.15, 0.2) is 6.29 Å². The number of aliphatic hydroxyl groups is 3. The van der Waals surface area contributed by atoms with Crippen LogP contribution in [0.5, 0.6) is 0 Å². The first kappa shape index (κ1) is 46.7. The van der Waals surface area contributed by atoms with Crippen LogP contribution in [0.4, 0.5) is 4.79 Å². The molecule has 5 atom stereocenters. The highest BCUT2D eigenvalue weighted by Gasteiger charge is 2.42. The fourth-order valence-electron chi connectivity index (χ4n) is 5.70. The lowest BCUT2D eigenvalue weighted by atomic mass is 10.0. The van der Waals surface area contributed by atoms with E-state index in [2.05, 4.69) is 21.3 Å². The van der Waals surface area contributed by atoms with E-state index in [1.165, 1.54) is 11.8 Å². The molecule has 20 heteroatoms. The predicted molar refractivity (Wildman–Crippen MR) is 198 cm³/mol. The van der Waals surface area contributed by atoms with Crippen LogP contribution in [-0.2, 0) is 54.4 Å². The number of hydroxylamine groups is 2. The van der Waals surface area contributed by atoms with E-state index in [0.29, 0.717) is 56.7 Å². The Hall–Kier alpha value is -4.73. The molecule has 318 valence electrons. The van der Waals surface area contributed by atoms with Gasteiger partial charge in [-0.2, -0.15) is 0 Å². The summed E-state index contributed by atoms with van der Waals surface area (Å²) in [4.78, 5) is 92.0. The average Bonchev–Trinajstić information content (AvgIpc) is 3.49. The van der Waals surface area contributed by atoms with Gasteiger partial charge in [-0.05, 0) is 44.6 Å². The van der Waals surface area contributed by atoms with Crippen LogP contribution in [0.2, 0.25) is 0 Å². The number of nitrogens with one attached hydrogen (secondary N) is 4. The van der Waals surface area contributed by atoms with Crippen molar-refractivity contribution in [2.24, 2.45) is 0 Å². The van der Waals surface area contributed by atoms with Crippen LogP contribution in [-0.4, -0.2) is 150 Å². The molecule has 2 aliphatic rings. The molecule has 0 unspecified atom stereocenters. The molecule has 0 bridgehead atoms. The molecule has 1 aromatic rings. The van der Waals surface area contributed by atoms with Crippen LogP contribution in [0.3, 0.4) is 0 Å². The fraction of sp³-hybridized carbons (Fsp3) is 0.649. The van der Waals surface area contributed by atoms with E-state index in [9.17, 15) is 48.9 Å². The maximum atomic E-state index is 12.7. The molecule has 20 nitrogen and oxygen atoms in total. The smallest absolute Gasteiger partial charge is 0.407 e. The Bertz CT molecular complexity index is 1450. The van der Waals surface area contributed by atoms with E-state index in [1.54, 1.807) is 0 Å². The summed E-state index contributed by atoms with van der Waals surface area (Å²) in [5, 5.41) is 40.8. The number of hydrogen-bond acceptors (Lipinski definition) is 15. The van der Waals surface area contributed by atoms with Gasteiger partial charge in [0.2, 0.25) is 17.7 Å². The minimum atomic E-state index is -1.43. The normalized spacial score (nSPS) is 20.6. The van der Waals surface area contributed by atoms with Crippen LogP contribution in [0, 0.1) is 0 Å². The third kappa shape index (κ3) is 17.9. The van der Waals surface area contributed by atoms with Crippen molar-refractivity contribution in [3.8, 4) is 0 Å². The third-order valence-corrected chi connectivity index (χ3v) is 8.86. The quantitative estimate of drug-likeness (QED) is 0.0449. The number of benzene rings is 1. The molecule has 7 N–H and O–H groups in total. The van der Waals surface area contributed by atoms with Gasteiger partial charge in [-0.25, -0.2) is 9.59 Å². The van der Waals surface area contributed by atoms with E-state index in [0.717, 1.165) is 5.56 Å². The van der Waals surface area contributed by atoms with Crippen molar-refractivity contribution in [3.63, 3.8) is 0 Å². The van der Waals surface area contributed by atoms with E-state index in [-0.39, 0.29) is 64.6 Å². The number of unbranched alkanes of at least 4 members (excludes halogenated alkanes) is 4. The van der Waals surface area contributed by atoms with Gasteiger partial charge in [-0.3, -0.25) is 28.9 Å². The number of imide groups is 1. The van der Waals surface area contributed by atoms with Crippen molar-refractivity contribution in [2.75, 3.05) is 52.4 Å². The Morgan fingerprint density at radius 1 is 0.737 bits per heavy atom. The van der Waals surface area contributed by atoms with Gasteiger partial charge in [-0.1, -0.05) is 36.8 Å². The van der Waals surface area contributed by atoms with Crippen LogP contribution < -0.4 is 21.3 Å². The first-order chi connectivity index (χ1) is 27.3. The Labute approximate surface area is 330 Å². The molecule has 2 heterocycles. The van der Waals surface area contributed by atoms with Gasteiger partial charge in [0.25, 0.3) is 11.8 Å². The van der Waals surface area contributed by atoms with Crippen molar-refractivity contribution >= 4 is 41.6 Å². The highest BCUT2D eigenvalue weighted by atomic mass is 16.7. The number of rotatable bonds is 25. The second kappa shape index (κ2) is 25.5. The zero-order chi connectivity index (χ0) is 41.6. The third-order valence-electron chi connectivity index (χ3n) is 8.86. The van der Waals surface area contributed by atoms with Gasteiger partial charge >= 0.3 is 12.1 Å². The molecular weight excluding hydrogens is 752 g/mol. The molecule has 2 aliphatic heterocycles. The number of amides is 6. The highest BCUT2D eigenvalue weighted by molar-refractivity contribution is 6.01. The molecule has 57 heavy (non-hydrogen) atoms. The monoisotopic (exact) mass is 808 g/mol. The minimum absolute atomic E-state index is 0.00883. The van der Waals surface area contributed by atoms with Crippen LogP contribution >= 0.6 is 0 Å². The van der Waals surface area contributed by atoms with Gasteiger partial charge in [0.05, 0.1) is 25.8 Å². The van der Waals surface area contributed by atoms with E-state index >= 15 is 0 Å². The molecule has 0 spiro atoms. The van der Waals surface area contributed by atoms with Crippen LogP contribution in [0.25, 0.3) is 0 Å². The SMILES string of the molecule is C[C@@H]1O[C@@H](OCCNC(=O)CCCCCNC(=O)CN(CC(=O)NCCCCCNC(=O)OCc2ccccc2)CC(=O)ON2C(=O)CCC2=O)[C@@H](O)[C@H](O)[C@@H]1O. The Morgan fingerprint density at radius 2 is 1.32 bits per heavy atom. The van der Waals surface area contributed by atoms with Gasteiger partial charge in [0.1, 0.15) is 31.5 Å². The highest BCUT2D eigenvalue weighted by Crippen LogP contribution is 2.21. The molecule has 0 aliphatic carbocycles. The van der Waals surface area contributed by atoms with E-state index in [4.69, 9.17) is 19.0 Å². The van der Waals surface area contributed by atoms with Crippen LogP contribution in [0.1, 0.15) is 70.3 Å². The Kier molecular flexibility index (Phi) is 20.9. The summed E-state index contributed by atoms with van der Waals surface area (Å²) < 4.78 is 15.9. The number of alkyl carbamates (subject to hydrolysis) is 1. The van der Waals surface area contributed by atoms with Gasteiger partial charge in [0, 0.05) is 45.4 Å². The summed E-state index contributed by atoms with van der Waals surface area (Å²) in [5.41, 5.74) is 0.875. The summed E-state index contributed by atoms with van der Waals surface area (Å²) in [7, 11) is 0. The number of carbonyl (C=O) groups is 7. The lowest BCUT2D eigenvalue weighted by Crippen LogP contribution is -2.57. The predicted octanol–water partition coefficient (Wildman–Crippen LogP) is -1.25. The number of ether oxygens (including phenoxy) is 3. The summed E-state index contributed by atoms with van der Waals surface area (Å²) in [6.07, 6.45) is -2.85. The maximum Gasteiger partial charge on any atom is 0.407 e. The van der Waals surface area contributed by atoms with Gasteiger partial charge in [-0.15, -0.1) is 5.06 Å².